The number of nitrogens with zero attached hydrogens (tertiary/aromatic N) is 1. The van der Waals surface area contributed by atoms with Gasteiger partial charge in [-0.2, -0.15) is 0 Å². The summed E-state index contributed by atoms with van der Waals surface area (Å²) in [6, 6.07) is 8.71. The molecule has 1 saturated heterocycles. The van der Waals surface area contributed by atoms with Crippen molar-refractivity contribution in [1.82, 2.24) is 10.2 Å². The Bertz CT molecular complexity index is 461. The number of carbonyl (C=O) groups is 1. The quantitative estimate of drug-likeness (QED) is 0.873. The van der Waals surface area contributed by atoms with Crippen molar-refractivity contribution in [2.45, 2.75) is 51.7 Å². The number of hydrogen-bond donors (Lipinski definition) is 2. The lowest BCUT2D eigenvalue weighted by molar-refractivity contribution is -0.123. The van der Waals surface area contributed by atoms with Gasteiger partial charge < -0.3 is 11.1 Å². The number of hydrogen-bond acceptors (Lipinski definition) is 3. The predicted molar refractivity (Wildman–Crippen MR) is 93.1 cm³/mol. The summed E-state index contributed by atoms with van der Waals surface area (Å²) >= 11 is 0. The molecule has 2 unspecified atom stereocenters. The van der Waals surface area contributed by atoms with Crippen molar-refractivity contribution in [3.05, 3.63) is 35.4 Å². The van der Waals surface area contributed by atoms with Crippen LogP contribution in [0.2, 0.25) is 0 Å². The minimum atomic E-state index is 0. The first kappa shape index (κ1) is 18.9. The first-order valence-corrected chi connectivity index (χ1v) is 7.88. The van der Waals surface area contributed by atoms with Crippen molar-refractivity contribution in [3.8, 4) is 0 Å². The SMILES string of the molecule is Cc1ccc(CNC(=O)CN2CCCCC2C(C)N)cc1.Cl. The molecule has 0 aliphatic carbocycles. The average Bonchev–Trinajstić information content (AvgIpc) is 2.47. The van der Waals surface area contributed by atoms with Gasteiger partial charge in [0.25, 0.3) is 0 Å². The number of benzene rings is 1. The fraction of sp³-hybridized carbons (Fsp3) is 0.588. The molecule has 2 rings (SSSR count). The molecule has 1 fully saturated rings. The topological polar surface area (TPSA) is 58.4 Å². The second-order valence-corrected chi connectivity index (χ2v) is 6.16. The van der Waals surface area contributed by atoms with Crippen LogP contribution in [0.5, 0.6) is 0 Å². The Morgan fingerprint density at radius 2 is 2.05 bits per heavy atom. The van der Waals surface area contributed by atoms with Crippen molar-refractivity contribution in [2.24, 2.45) is 5.73 Å². The third-order valence-corrected chi connectivity index (χ3v) is 4.23. The lowest BCUT2D eigenvalue weighted by atomic mass is 9.97. The first-order chi connectivity index (χ1) is 10.1. The molecule has 0 saturated carbocycles. The smallest absolute Gasteiger partial charge is 0.234 e. The van der Waals surface area contributed by atoms with Crippen LogP contribution in [0.4, 0.5) is 0 Å². The molecular formula is C17H28ClN3O. The summed E-state index contributed by atoms with van der Waals surface area (Å²) < 4.78 is 0. The van der Waals surface area contributed by atoms with Crippen LogP contribution >= 0.6 is 12.4 Å². The average molecular weight is 326 g/mol. The Balaban J connectivity index is 0.00000242. The summed E-state index contributed by atoms with van der Waals surface area (Å²) in [6.45, 7) is 6.12. The Kier molecular flexibility index (Phi) is 7.87. The van der Waals surface area contributed by atoms with Gasteiger partial charge in [-0.3, -0.25) is 9.69 Å². The van der Waals surface area contributed by atoms with E-state index in [4.69, 9.17) is 5.73 Å². The van der Waals surface area contributed by atoms with E-state index in [-0.39, 0.29) is 24.4 Å². The highest BCUT2D eigenvalue weighted by Gasteiger charge is 2.26. The van der Waals surface area contributed by atoms with Gasteiger partial charge in [-0.05, 0) is 38.8 Å². The third kappa shape index (κ3) is 5.59. The predicted octanol–water partition coefficient (Wildman–Crippen LogP) is 2.23. The Labute approximate surface area is 139 Å². The van der Waals surface area contributed by atoms with Crippen LogP contribution in [-0.2, 0) is 11.3 Å². The molecule has 0 aromatic heterocycles. The van der Waals surface area contributed by atoms with Gasteiger partial charge >= 0.3 is 0 Å². The fourth-order valence-electron chi connectivity index (χ4n) is 2.96. The maximum absolute atomic E-state index is 12.1. The molecule has 0 radical (unpaired) electrons. The standard InChI is InChI=1S/C17H27N3O.ClH/c1-13-6-8-15(9-7-13)11-19-17(21)12-20-10-4-3-5-16(20)14(2)18;/h6-9,14,16H,3-5,10-12,18H2,1-2H3,(H,19,21);1H. The molecule has 1 aliphatic rings. The summed E-state index contributed by atoms with van der Waals surface area (Å²) in [7, 11) is 0. The molecule has 1 aromatic carbocycles. The van der Waals surface area contributed by atoms with Gasteiger partial charge in [0.1, 0.15) is 0 Å². The number of carbonyl (C=O) groups excluding carboxylic acids is 1. The van der Waals surface area contributed by atoms with E-state index in [2.05, 4.69) is 41.4 Å². The minimum absolute atomic E-state index is 0. The highest BCUT2D eigenvalue weighted by molar-refractivity contribution is 5.85. The molecule has 1 aromatic rings. The number of rotatable bonds is 5. The maximum atomic E-state index is 12.1. The largest absolute Gasteiger partial charge is 0.351 e. The lowest BCUT2D eigenvalue weighted by Crippen LogP contribution is -2.52. The van der Waals surface area contributed by atoms with Crippen LogP contribution in [0.15, 0.2) is 24.3 Å². The van der Waals surface area contributed by atoms with Gasteiger partial charge in [0.15, 0.2) is 0 Å². The number of piperidine rings is 1. The highest BCUT2D eigenvalue weighted by atomic mass is 35.5. The Hall–Kier alpha value is -1.10. The zero-order chi connectivity index (χ0) is 15.2. The van der Waals surface area contributed by atoms with E-state index < -0.39 is 0 Å². The fourth-order valence-corrected chi connectivity index (χ4v) is 2.96. The summed E-state index contributed by atoms with van der Waals surface area (Å²) in [5.41, 5.74) is 8.41. The first-order valence-electron chi connectivity index (χ1n) is 7.88. The van der Waals surface area contributed by atoms with Crippen LogP contribution in [0.3, 0.4) is 0 Å². The van der Waals surface area contributed by atoms with E-state index in [0.29, 0.717) is 19.1 Å². The lowest BCUT2D eigenvalue weighted by Gasteiger charge is -2.37. The van der Waals surface area contributed by atoms with Gasteiger partial charge in [-0.15, -0.1) is 12.4 Å². The van der Waals surface area contributed by atoms with Gasteiger partial charge in [0, 0.05) is 18.6 Å². The molecule has 1 aliphatic heterocycles. The van der Waals surface area contributed by atoms with Gasteiger partial charge in [0.2, 0.25) is 5.91 Å². The van der Waals surface area contributed by atoms with Crippen molar-refractivity contribution < 1.29 is 4.79 Å². The summed E-state index contributed by atoms with van der Waals surface area (Å²) in [5.74, 6) is 0.0862. The second kappa shape index (κ2) is 9.13. The van der Waals surface area contributed by atoms with Crippen molar-refractivity contribution in [3.63, 3.8) is 0 Å². The van der Waals surface area contributed by atoms with Crippen molar-refractivity contribution >= 4 is 18.3 Å². The molecule has 3 N–H and O–H groups in total. The molecule has 2 atom stereocenters. The molecule has 22 heavy (non-hydrogen) atoms. The molecule has 1 heterocycles. The normalized spacial score (nSPS) is 20.0. The third-order valence-electron chi connectivity index (χ3n) is 4.23. The van der Waals surface area contributed by atoms with E-state index in [1.54, 1.807) is 0 Å². The number of amides is 1. The van der Waals surface area contributed by atoms with Crippen LogP contribution in [-0.4, -0.2) is 36.0 Å². The number of halogens is 1. The van der Waals surface area contributed by atoms with Crippen LogP contribution in [0.25, 0.3) is 0 Å². The van der Waals surface area contributed by atoms with E-state index >= 15 is 0 Å². The molecule has 4 nitrogen and oxygen atoms in total. The van der Waals surface area contributed by atoms with Gasteiger partial charge in [-0.1, -0.05) is 36.2 Å². The molecular weight excluding hydrogens is 298 g/mol. The van der Waals surface area contributed by atoms with Crippen molar-refractivity contribution in [1.29, 1.82) is 0 Å². The van der Waals surface area contributed by atoms with Crippen molar-refractivity contribution in [2.75, 3.05) is 13.1 Å². The van der Waals surface area contributed by atoms with Crippen LogP contribution in [0, 0.1) is 6.92 Å². The second-order valence-electron chi connectivity index (χ2n) is 6.16. The number of nitrogens with one attached hydrogen (secondary N) is 1. The van der Waals surface area contributed by atoms with Crippen LogP contribution in [0.1, 0.15) is 37.3 Å². The molecule has 1 amide bonds. The number of nitrogens with two attached hydrogens (primary N) is 1. The number of aryl methyl sites for hydroxylation is 1. The monoisotopic (exact) mass is 325 g/mol. The molecule has 5 heteroatoms. The zero-order valence-electron chi connectivity index (χ0n) is 13.5. The summed E-state index contributed by atoms with van der Waals surface area (Å²) in [4.78, 5) is 14.4. The van der Waals surface area contributed by atoms with Crippen LogP contribution < -0.4 is 11.1 Å². The van der Waals surface area contributed by atoms with E-state index in [1.165, 1.54) is 12.0 Å². The Morgan fingerprint density at radius 1 is 1.36 bits per heavy atom. The summed E-state index contributed by atoms with van der Waals surface area (Å²) in [6.07, 6.45) is 3.48. The molecule has 124 valence electrons. The summed E-state index contributed by atoms with van der Waals surface area (Å²) in [5, 5.41) is 3.00. The van der Waals surface area contributed by atoms with E-state index in [0.717, 1.165) is 24.9 Å². The van der Waals surface area contributed by atoms with E-state index in [1.807, 2.05) is 6.92 Å². The number of likely N-dealkylation sites (tertiary alicyclic amines) is 1. The van der Waals surface area contributed by atoms with E-state index in [9.17, 15) is 4.79 Å². The highest BCUT2D eigenvalue weighted by Crippen LogP contribution is 2.18. The van der Waals surface area contributed by atoms with Gasteiger partial charge in [-0.25, -0.2) is 0 Å². The zero-order valence-corrected chi connectivity index (χ0v) is 14.4. The maximum Gasteiger partial charge on any atom is 0.234 e. The molecule has 0 spiro atoms. The minimum Gasteiger partial charge on any atom is -0.351 e. The molecule has 0 bridgehead atoms. The van der Waals surface area contributed by atoms with Gasteiger partial charge in [0.05, 0.1) is 6.54 Å². The Morgan fingerprint density at radius 3 is 2.68 bits per heavy atom.